The summed E-state index contributed by atoms with van der Waals surface area (Å²) in [4.78, 5) is 27.2. The highest BCUT2D eigenvalue weighted by Gasteiger charge is 2.30. The van der Waals surface area contributed by atoms with Crippen molar-refractivity contribution in [2.45, 2.75) is 32.4 Å². The van der Waals surface area contributed by atoms with Gasteiger partial charge in [-0.3, -0.25) is 4.79 Å². The molecule has 178 valence electrons. The summed E-state index contributed by atoms with van der Waals surface area (Å²) in [6.07, 6.45) is -0.109. The smallest absolute Gasteiger partial charge is 0.323 e. The molecule has 0 spiro atoms. The van der Waals surface area contributed by atoms with Crippen LogP contribution >= 0.6 is 0 Å². The Kier molecular flexibility index (Phi) is 8.24. The summed E-state index contributed by atoms with van der Waals surface area (Å²) in [6, 6.07) is 9.80. The lowest BCUT2D eigenvalue weighted by molar-refractivity contribution is -0.134. The number of likely N-dealkylation sites (N-methyl/N-ethyl adjacent to an activating group) is 1. The Morgan fingerprint density at radius 2 is 1.88 bits per heavy atom. The number of benzene rings is 2. The normalized spacial score (nSPS) is 19.4. The maximum absolute atomic E-state index is 13.1. The number of aliphatic hydroxyl groups excluding tert-OH is 1. The molecule has 9 heteroatoms. The molecular weight excluding hydrogens is 427 g/mol. The van der Waals surface area contributed by atoms with Gasteiger partial charge in [-0.15, -0.1) is 0 Å². The first-order chi connectivity index (χ1) is 15.8. The number of aliphatic hydroxyl groups is 1. The third-order valence-corrected chi connectivity index (χ3v) is 5.68. The minimum Gasteiger partial charge on any atom is -0.488 e. The monoisotopic (exact) mass is 458 g/mol. The largest absolute Gasteiger partial charge is 0.488 e. The van der Waals surface area contributed by atoms with E-state index >= 15 is 0 Å². The van der Waals surface area contributed by atoms with Gasteiger partial charge < -0.3 is 30.7 Å². The lowest BCUT2D eigenvalue weighted by atomic mass is 10.0. The van der Waals surface area contributed by atoms with E-state index in [-0.39, 0.29) is 37.0 Å². The lowest BCUT2D eigenvalue weighted by Crippen LogP contribution is -2.47. The third-order valence-electron chi connectivity index (χ3n) is 5.68. The highest BCUT2D eigenvalue weighted by molar-refractivity contribution is 5.99. The summed E-state index contributed by atoms with van der Waals surface area (Å²) >= 11 is 0. The van der Waals surface area contributed by atoms with Gasteiger partial charge in [0.25, 0.3) is 0 Å². The van der Waals surface area contributed by atoms with Crippen molar-refractivity contribution in [3.05, 3.63) is 53.8 Å². The fraction of sp³-hybridized carbons (Fsp3) is 0.417. The Morgan fingerprint density at radius 1 is 1.21 bits per heavy atom. The van der Waals surface area contributed by atoms with Crippen LogP contribution in [-0.2, 0) is 11.2 Å². The SMILES string of the molecule is CNC[C@H]1Oc2ccc(NC(=O)Nc3ccc(F)cc3)cc2CC(=O)N([C@@H](C)CO)C[C@@H]1C. The van der Waals surface area contributed by atoms with E-state index in [1.54, 1.807) is 23.1 Å². The Hall–Kier alpha value is -3.17. The van der Waals surface area contributed by atoms with E-state index in [2.05, 4.69) is 16.0 Å². The fourth-order valence-electron chi connectivity index (χ4n) is 3.78. The molecule has 1 aliphatic heterocycles. The maximum Gasteiger partial charge on any atom is 0.323 e. The second kappa shape index (κ2) is 11.1. The zero-order valence-electron chi connectivity index (χ0n) is 19.1. The van der Waals surface area contributed by atoms with Crippen LogP contribution in [0.4, 0.5) is 20.6 Å². The molecule has 0 fully saturated rings. The van der Waals surface area contributed by atoms with Gasteiger partial charge in [0.1, 0.15) is 17.7 Å². The van der Waals surface area contributed by atoms with E-state index in [1.807, 2.05) is 20.9 Å². The molecule has 2 aromatic carbocycles. The fourth-order valence-corrected chi connectivity index (χ4v) is 3.78. The Bertz CT molecular complexity index is 969. The lowest BCUT2D eigenvalue weighted by Gasteiger charge is -2.32. The highest BCUT2D eigenvalue weighted by atomic mass is 19.1. The number of fused-ring (bicyclic) bond motifs is 1. The molecule has 0 unspecified atom stereocenters. The van der Waals surface area contributed by atoms with Gasteiger partial charge in [-0.2, -0.15) is 0 Å². The van der Waals surface area contributed by atoms with Crippen LogP contribution in [0.15, 0.2) is 42.5 Å². The molecule has 33 heavy (non-hydrogen) atoms. The molecule has 0 saturated heterocycles. The van der Waals surface area contributed by atoms with Crippen LogP contribution < -0.4 is 20.7 Å². The summed E-state index contributed by atoms with van der Waals surface area (Å²) in [7, 11) is 1.84. The summed E-state index contributed by atoms with van der Waals surface area (Å²) in [6.45, 7) is 4.76. The van der Waals surface area contributed by atoms with Gasteiger partial charge >= 0.3 is 6.03 Å². The number of halogens is 1. The summed E-state index contributed by atoms with van der Waals surface area (Å²) in [5.74, 6) is 0.101. The summed E-state index contributed by atoms with van der Waals surface area (Å²) < 4.78 is 19.3. The van der Waals surface area contributed by atoms with Gasteiger partial charge in [-0.25, -0.2) is 9.18 Å². The van der Waals surface area contributed by atoms with Crippen molar-refractivity contribution >= 4 is 23.3 Å². The van der Waals surface area contributed by atoms with Gasteiger partial charge in [0.15, 0.2) is 0 Å². The topological polar surface area (TPSA) is 103 Å². The predicted molar refractivity (Wildman–Crippen MR) is 125 cm³/mol. The van der Waals surface area contributed by atoms with Crippen molar-refractivity contribution in [1.29, 1.82) is 0 Å². The Morgan fingerprint density at radius 3 is 2.55 bits per heavy atom. The number of amides is 3. The maximum atomic E-state index is 13.1. The molecule has 1 aliphatic rings. The molecule has 3 amide bonds. The van der Waals surface area contributed by atoms with Crippen molar-refractivity contribution < 1.29 is 23.8 Å². The van der Waals surface area contributed by atoms with Crippen LogP contribution in [0.3, 0.4) is 0 Å². The van der Waals surface area contributed by atoms with Gasteiger partial charge in [0.2, 0.25) is 5.91 Å². The van der Waals surface area contributed by atoms with Crippen LogP contribution in [0.5, 0.6) is 5.75 Å². The number of anilines is 2. The molecule has 4 N–H and O–H groups in total. The summed E-state index contributed by atoms with van der Waals surface area (Å²) in [5.41, 5.74) is 1.58. The molecular formula is C24H31FN4O4. The van der Waals surface area contributed by atoms with E-state index in [0.29, 0.717) is 35.8 Å². The van der Waals surface area contributed by atoms with Crippen LogP contribution in [0.25, 0.3) is 0 Å². The van der Waals surface area contributed by atoms with E-state index in [0.717, 1.165) is 0 Å². The first kappa shape index (κ1) is 24.5. The molecule has 0 saturated carbocycles. The van der Waals surface area contributed by atoms with E-state index < -0.39 is 11.8 Å². The van der Waals surface area contributed by atoms with Crippen LogP contribution in [0.2, 0.25) is 0 Å². The molecule has 2 aromatic rings. The van der Waals surface area contributed by atoms with Crippen molar-refractivity contribution in [1.82, 2.24) is 10.2 Å². The molecule has 0 aromatic heterocycles. The van der Waals surface area contributed by atoms with Crippen molar-refractivity contribution in [2.24, 2.45) is 5.92 Å². The zero-order valence-corrected chi connectivity index (χ0v) is 19.1. The van der Waals surface area contributed by atoms with Crippen LogP contribution in [-0.4, -0.2) is 60.8 Å². The Balaban J connectivity index is 1.83. The number of nitrogens with one attached hydrogen (secondary N) is 3. The molecule has 3 rings (SSSR count). The average Bonchev–Trinajstić information content (AvgIpc) is 2.83. The number of hydrogen-bond acceptors (Lipinski definition) is 5. The zero-order chi connectivity index (χ0) is 24.0. The molecule has 0 radical (unpaired) electrons. The first-order valence-electron chi connectivity index (χ1n) is 11.0. The molecule has 0 aliphatic carbocycles. The summed E-state index contributed by atoms with van der Waals surface area (Å²) in [5, 5.41) is 18.2. The van der Waals surface area contributed by atoms with Gasteiger partial charge in [-0.1, -0.05) is 6.92 Å². The van der Waals surface area contributed by atoms with Gasteiger partial charge in [0, 0.05) is 35.9 Å². The minimum atomic E-state index is -0.492. The number of urea groups is 1. The predicted octanol–water partition coefficient (Wildman–Crippen LogP) is 2.84. The van der Waals surface area contributed by atoms with E-state index in [4.69, 9.17) is 4.74 Å². The average molecular weight is 459 g/mol. The third kappa shape index (κ3) is 6.43. The number of rotatable bonds is 6. The van der Waals surface area contributed by atoms with Crippen LogP contribution in [0, 0.1) is 11.7 Å². The molecule has 3 atom stereocenters. The van der Waals surface area contributed by atoms with Crippen molar-refractivity contribution in [3.63, 3.8) is 0 Å². The molecule has 8 nitrogen and oxygen atoms in total. The van der Waals surface area contributed by atoms with Crippen molar-refractivity contribution in [3.8, 4) is 5.75 Å². The number of hydrogen-bond donors (Lipinski definition) is 4. The van der Waals surface area contributed by atoms with Gasteiger partial charge in [0.05, 0.1) is 19.1 Å². The van der Waals surface area contributed by atoms with Gasteiger partial charge in [-0.05, 0) is 56.4 Å². The Labute approximate surface area is 193 Å². The highest BCUT2D eigenvalue weighted by Crippen LogP contribution is 2.29. The number of carbonyl (C=O) groups excluding carboxylic acids is 2. The van der Waals surface area contributed by atoms with E-state index in [9.17, 15) is 19.1 Å². The molecule has 1 heterocycles. The van der Waals surface area contributed by atoms with Crippen molar-refractivity contribution in [2.75, 3.05) is 37.4 Å². The quantitative estimate of drug-likeness (QED) is 0.533. The second-order valence-electron chi connectivity index (χ2n) is 8.35. The first-order valence-corrected chi connectivity index (χ1v) is 11.0. The standard InChI is InChI=1S/C24H31FN4O4/c1-15-13-29(16(2)14-30)23(31)11-17-10-20(8-9-21(17)33-22(15)12-26-3)28-24(32)27-19-6-4-18(25)5-7-19/h4-10,15-16,22,26,30H,11-14H2,1-3H3,(H2,27,28,32)/t15-,16-,22+/m0/s1. The minimum absolute atomic E-state index is 0.0284. The van der Waals surface area contributed by atoms with E-state index in [1.165, 1.54) is 24.3 Å². The molecule has 0 bridgehead atoms. The number of carbonyl (C=O) groups is 2. The van der Waals surface area contributed by atoms with Crippen LogP contribution in [0.1, 0.15) is 19.4 Å². The second-order valence-corrected chi connectivity index (χ2v) is 8.35. The number of nitrogens with zero attached hydrogens (tertiary/aromatic N) is 1. The number of ether oxygens (including phenoxy) is 1.